The summed E-state index contributed by atoms with van der Waals surface area (Å²) < 4.78 is 0. The number of nitrogens with zero attached hydrogens (tertiary/aromatic N) is 2. The summed E-state index contributed by atoms with van der Waals surface area (Å²) in [6.45, 7) is 7.13. The van der Waals surface area contributed by atoms with Crippen LogP contribution in [-0.2, 0) is 15.1 Å². The smallest absolute Gasteiger partial charge is 0.324 e. The van der Waals surface area contributed by atoms with Crippen LogP contribution in [0.3, 0.4) is 0 Å². The number of hydrogen-bond donors (Lipinski definition) is 2. The van der Waals surface area contributed by atoms with Gasteiger partial charge in [-0.25, -0.2) is 4.79 Å². The number of imide groups is 1. The van der Waals surface area contributed by atoms with Gasteiger partial charge in [-0.15, -0.1) is 0 Å². The zero-order valence-electron chi connectivity index (χ0n) is 17.4. The van der Waals surface area contributed by atoms with Crippen molar-refractivity contribution in [1.29, 1.82) is 5.26 Å². The number of nitriles is 1. The van der Waals surface area contributed by atoms with Crippen LogP contribution in [-0.4, -0.2) is 29.3 Å². The van der Waals surface area contributed by atoms with Gasteiger partial charge in [0.25, 0.3) is 5.91 Å². The van der Waals surface area contributed by atoms with Gasteiger partial charge in [0.1, 0.15) is 12.1 Å². The third-order valence-electron chi connectivity index (χ3n) is 5.34. The molecule has 7 nitrogen and oxygen atoms in total. The molecule has 1 unspecified atom stereocenters. The fraction of sp³-hybridized carbons (Fsp3) is 0.304. The second kappa shape index (κ2) is 7.99. The van der Waals surface area contributed by atoms with E-state index in [9.17, 15) is 14.4 Å². The van der Waals surface area contributed by atoms with Gasteiger partial charge >= 0.3 is 6.03 Å². The lowest BCUT2D eigenvalue weighted by Crippen LogP contribution is -2.42. The fourth-order valence-corrected chi connectivity index (χ4v) is 3.60. The zero-order chi connectivity index (χ0) is 22.1. The number of benzene rings is 2. The van der Waals surface area contributed by atoms with Crippen molar-refractivity contribution in [2.75, 3.05) is 11.9 Å². The molecule has 0 aromatic heterocycles. The monoisotopic (exact) mass is 404 g/mol. The van der Waals surface area contributed by atoms with Gasteiger partial charge in [-0.2, -0.15) is 5.26 Å². The summed E-state index contributed by atoms with van der Waals surface area (Å²) in [5, 5.41) is 14.6. The van der Waals surface area contributed by atoms with E-state index >= 15 is 0 Å². The molecule has 7 heteroatoms. The minimum atomic E-state index is -1.34. The molecule has 30 heavy (non-hydrogen) atoms. The highest BCUT2D eigenvalue weighted by Gasteiger charge is 2.49. The van der Waals surface area contributed by atoms with E-state index < -0.39 is 29.9 Å². The van der Waals surface area contributed by atoms with Crippen LogP contribution < -0.4 is 10.6 Å². The van der Waals surface area contributed by atoms with E-state index in [0.717, 1.165) is 16.0 Å². The van der Waals surface area contributed by atoms with Crippen LogP contribution in [0, 0.1) is 18.3 Å². The number of aryl methyl sites for hydroxylation is 1. The summed E-state index contributed by atoms with van der Waals surface area (Å²) in [6.07, 6.45) is 0. The van der Waals surface area contributed by atoms with Gasteiger partial charge < -0.3 is 10.6 Å². The first kappa shape index (κ1) is 21.1. The van der Waals surface area contributed by atoms with Crippen molar-refractivity contribution in [2.24, 2.45) is 0 Å². The first-order valence-corrected chi connectivity index (χ1v) is 9.71. The predicted molar refractivity (Wildman–Crippen MR) is 113 cm³/mol. The van der Waals surface area contributed by atoms with Crippen molar-refractivity contribution >= 4 is 23.5 Å². The van der Waals surface area contributed by atoms with Gasteiger partial charge in [0.2, 0.25) is 5.91 Å². The molecule has 2 aromatic rings. The molecule has 1 fully saturated rings. The number of para-hydroxylation sites is 1. The second-order valence-electron chi connectivity index (χ2n) is 7.88. The molecular weight excluding hydrogens is 380 g/mol. The van der Waals surface area contributed by atoms with E-state index in [-0.39, 0.29) is 5.92 Å². The highest BCUT2D eigenvalue weighted by molar-refractivity contribution is 6.10. The van der Waals surface area contributed by atoms with E-state index in [4.69, 9.17) is 5.26 Å². The molecule has 154 valence electrons. The van der Waals surface area contributed by atoms with Crippen LogP contribution in [0.15, 0.2) is 42.5 Å². The average molecular weight is 404 g/mol. The maximum absolute atomic E-state index is 13.0. The molecule has 0 saturated carbocycles. The molecule has 0 aliphatic carbocycles. The topological polar surface area (TPSA) is 102 Å². The number of urea groups is 1. The van der Waals surface area contributed by atoms with Crippen LogP contribution >= 0.6 is 0 Å². The Bertz CT molecular complexity index is 1070. The number of carbonyl (C=O) groups excluding carboxylic acids is 3. The Morgan fingerprint density at radius 3 is 2.60 bits per heavy atom. The van der Waals surface area contributed by atoms with Gasteiger partial charge in [-0.1, -0.05) is 44.2 Å². The summed E-state index contributed by atoms with van der Waals surface area (Å²) in [5.74, 6) is -0.788. The Morgan fingerprint density at radius 1 is 1.23 bits per heavy atom. The van der Waals surface area contributed by atoms with Crippen molar-refractivity contribution in [3.63, 3.8) is 0 Å². The number of anilines is 1. The molecule has 1 aliphatic heterocycles. The van der Waals surface area contributed by atoms with Crippen LogP contribution in [0.5, 0.6) is 0 Å². The molecule has 1 atom stereocenters. The molecule has 1 aliphatic rings. The van der Waals surface area contributed by atoms with Crippen LogP contribution in [0.25, 0.3) is 0 Å². The lowest BCUT2D eigenvalue weighted by Gasteiger charge is -2.22. The second-order valence-corrected chi connectivity index (χ2v) is 7.88. The molecule has 0 bridgehead atoms. The van der Waals surface area contributed by atoms with Crippen LogP contribution in [0.4, 0.5) is 10.5 Å². The first-order chi connectivity index (χ1) is 14.2. The van der Waals surface area contributed by atoms with E-state index in [2.05, 4.69) is 10.6 Å². The van der Waals surface area contributed by atoms with Gasteiger partial charge in [0.05, 0.1) is 11.6 Å². The highest BCUT2D eigenvalue weighted by Crippen LogP contribution is 2.30. The molecule has 1 saturated heterocycles. The maximum Gasteiger partial charge on any atom is 0.325 e. The summed E-state index contributed by atoms with van der Waals surface area (Å²) in [7, 11) is 0. The summed E-state index contributed by atoms with van der Waals surface area (Å²) in [6, 6.07) is 13.7. The molecule has 4 amide bonds. The van der Waals surface area contributed by atoms with E-state index in [0.29, 0.717) is 16.8 Å². The largest absolute Gasteiger partial charge is 0.325 e. The molecule has 2 N–H and O–H groups in total. The highest BCUT2D eigenvalue weighted by atomic mass is 16.2. The van der Waals surface area contributed by atoms with Crippen molar-refractivity contribution in [3.8, 4) is 6.07 Å². The number of carbonyl (C=O) groups is 3. The lowest BCUT2D eigenvalue weighted by molar-refractivity contribution is -0.133. The average Bonchev–Trinajstić information content (AvgIpc) is 2.93. The van der Waals surface area contributed by atoms with Crippen molar-refractivity contribution in [2.45, 2.75) is 39.2 Å². The predicted octanol–water partition coefficient (Wildman–Crippen LogP) is 3.40. The third kappa shape index (κ3) is 3.77. The quantitative estimate of drug-likeness (QED) is 0.746. The Hall–Kier alpha value is -3.66. The Kier molecular flexibility index (Phi) is 5.61. The molecule has 3 rings (SSSR count). The van der Waals surface area contributed by atoms with Gasteiger partial charge in [0, 0.05) is 5.69 Å². The summed E-state index contributed by atoms with van der Waals surface area (Å²) >= 11 is 0. The van der Waals surface area contributed by atoms with E-state index in [1.54, 1.807) is 31.2 Å². The molecular formula is C23H24N4O3. The minimum Gasteiger partial charge on any atom is -0.324 e. The summed E-state index contributed by atoms with van der Waals surface area (Å²) in [5.41, 5.74) is 2.13. The Morgan fingerprint density at radius 2 is 1.93 bits per heavy atom. The van der Waals surface area contributed by atoms with Gasteiger partial charge in [-0.05, 0) is 48.6 Å². The Balaban J connectivity index is 1.81. The van der Waals surface area contributed by atoms with E-state index in [1.807, 2.05) is 45.0 Å². The van der Waals surface area contributed by atoms with Crippen molar-refractivity contribution < 1.29 is 14.4 Å². The van der Waals surface area contributed by atoms with Crippen LogP contribution in [0.2, 0.25) is 0 Å². The van der Waals surface area contributed by atoms with E-state index in [1.165, 1.54) is 0 Å². The molecule has 1 heterocycles. The third-order valence-corrected chi connectivity index (χ3v) is 5.34. The number of nitrogens with one attached hydrogen (secondary N) is 2. The SMILES string of the molecule is Cc1cccc(C(C)C)c1NC(=O)CN1C(=O)NC(C)(c2cccc(C#N)c2)C1=O. The Labute approximate surface area is 175 Å². The lowest BCUT2D eigenvalue weighted by atomic mass is 9.91. The zero-order valence-corrected chi connectivity index (χ0v) is 17.4. The molecule has 2 aromatic carbocycles. The standard InChI is InChI=1S/C23H24N4O3/c1-14(2)18-10-5-7-15(3)20(18)25-19(28)13-27-21(29)23(4,26-22(27)30)17-9-6-8-16(11-17)12-24/h5-11,14H,13H2,1-4H3,(H,25,28)(H,26,30). The summed E-state index contributed by atoms with van der Waals surface area (Å²) in [4.78, 5) is 39.2. The van der Waals surface area contributed by atoms with Gasteiger partial charge in [-0.3, -0.25) is 14.5 Å². The van der Waals surface area contributed by atoms with Crippen molar-refractivity contribution in [3.05, 3.63) is 64.7 Å². The van der Waals surface area contributed by atoms with Crippen molar-refractivity contribution in [1.82, 2.24) is 10.2 Å². The fourth-order valence-electron chi connectivity index (χ4n) is 3.60. The molecule has 0 spiro atoms. The maximum atomic E-state index is 13.0. The van der Waals surface area contributed by atoms with Crippen LogP contribution in [0.1, 0.15) is 48.9 Å². The number of amides is 4. The molecule has 0 radical (unpaired) electrons. The number of rotatable bonds is 5. The van der Waals surface area contributed by atoms with Gasteiger partial charge in [0.15, 0.2) is 0 Å². The minimum absolute atomic E-state index is 0.201. The number of hydrogen-bond acceptors (Lipinski definition) is 4. The normalized spacial score (nSPS) is 18.3. The first-order valence-electron chi connectivity index (χ1n) is 9.71.